The van der Waals surface area contributed by atoms with E-state index in [4.69, 9.17) is 19.2 Å². The third kappa shape index (κ3) is 5.08. The molecule has 4 aliphatic rings. The van der Waals surface area contributed by atoms with Gasteiger partial charge in [-0.15, -0.1) is 5.10 Å². The number of nitrogens with zero attached hydrogens (tertiary/aromatic N) is 7. The SMILES string of the molecule is CNc1nn2cc(OCCOC3CC3)cc(-c3ccc(N4CC5CC(C4)N5Cc4ccc(OC)nc4)nc3)c2c1C#N. The normalized spacial score (nSPS) is 19.8. The number of hydrogen-bond donors (Lipinski definition) is 1. The van der Waals surface area contributed by atoms with Crippen molar-refractivity contribution in [3.63, 3.8) is 0 Å². The van der Waals surface area contributed by atoms with Gasteiger partial charge in [0.1, 0.15) is 29.8 Å². The lowest BCUT2D eigenvalue weighted by Gasteiger charge is -2.56. The van der Waals surface area contributed by atoms with Crippen molar-refractivity contribution >= 4 is 17.2 Å². The minimum atomic E-state index is 0.387. The minimum absolute atomic E-state index is 0.387. The van der Waals surface area contributed by atoms with Crippen molar-refractivity contribution in [1.29, 1.82) is 5.26 Å². The van der Waals surface area contributed by atoms with Gasteiger partial charge in [-0.1, -0.05) is 6.07 Å². The van der Waals surface area contributed by atoms with Gasteiger partial charge in [-0.3, -0.25) is 4.90 Å². The van der Waals surface area contributed by atoms with Gasteiger partial charge in [-0.25, -0.2) is 14.5 Å². The number of pyridine rings is 3. The maximum atomic E-state index is 9.96. The highest BCUT2D eigenvalue weighted by molar-refractivity contribution is 5.88. The van der Waals surface area contributed by atoms with Crippen LogP contribution in [-0.2, 0) is 11.3 Å². The first-order valence-corrected chi connectivity index (χ1v) is 14.5. The van der Waals surface area contributed by atoms with E-state index in [9.17, 15) is 5.26 Å². The van der Waals surface area contributed by atoms with Crippen LogP contribution < -0.4 is 19.7 Å². The Morgan fingerprint density at radius 1 is 1.07 bits per heavy atom. The van der Waals surface area contributed by atoms with E-state index in [2.05, 4.69) is 49.5 Å². The van der Waals surface area contributed by atoms with Crippen LogP contribution in [0, 0.1) is 11.3 Å². The summed E-state index contributed by atoms with van der Waals surface area (Å²) < 4.78 is 18.7. The average Bonchev–Trinajstić information content (AvgIpc) is 3.80. The van der Waals surface area contributed by atoms with Crippen LogP contribution in [0.25, 0.3) is 16.6 Å². The zero-order valence-electron chi connectivity index (χ0n) is 23.9. The molecule has 11 heteroatoms. The van der Waals surface area contributed by atoms with Crippen LogP contribution in [0.4, 0.5) is 11.6 Å². The van der Waals surface area contributed by atoms with Crippen LogP contribution in [0.5, 0.6) is 11.6 Å². The predicted octanol–water partition coefficient (Wildman–Crippen LogP) is 3.73. The van der Waals surface area contributed by atoms with Crippen molar-refractivity contribution in [3.8, 4) is 28.8 Å². The second-order valence-electron chi connectivity index (χ2n) is 11.1. The maximum Gasteiger partial charge on any atom is 0.212 e. The molecule has 2 unspecified atom stereocenters. The summed E-state index contributed by atoms with van der Waals surface area (Å²) in [7, 11) is 3.40. The van der Waals surface area contributed by atoms with Crippen LogP contribution >= 0.6 is 0 Å². The molecule has 0 spiro atoms. The number of fused-ring (bicyclic) bond motifs is 3. The Balaban J connectivity index is 1.08. The molecule has 216 valence electrons. The molecule has 7 heterocycles. The van der Waals surface area contributed by atoms with Crippen molar-refractivity contribution in [2.24, 2.45) is 0 Å². The molecule has 3 saturated heterocycles. The summed E-state index contributed by atoms with van der Waals surface area (Å²) in [5.74, 6) is 2.80. The van der Waals surface area contributed by atoms with Gasteiger partial charge in [0.25, 0.3) is 0 Å². The fourth-order valence-electron chi connectivity index (χ4n) is 6.04. The largest absolute Gasteiger partial charge is 0.490 e. The third-order valence-electron chi connectivity index (χ3n) is 8.38. The molecule has 1 saturated carbocycles. The zero-order chi connectivity index (χ0) is 28.6. The van der Waals surface area contributed by atoms with Gasteiger partial charge in [-0.2, -0.15) is 5.26 Å². The Kier molecular flexibility index (Phi) is 7.01. The molecule has 8 rings (SSSR count). The Hall–Kier alpha value is -4.40. The Morgan fingerprint density at radius 2 is 1.93 bits per heavy atom. The third-order valence-corrected chi connectivity index (χ3v) is 8.38. The fraction of sp³-hybridized carbons (Fsp3) is 0.419. The number of nitriles is 1. The number of nitrogens with one attached hydrogen (secondary N) is 1. The molecular weight excluding hydrogens is 532 g/mol. The topological polar surface area (TPSA) is 113 Å². The first-order chi connectivity index (χ1) is 20.6. The van der Waals surface area contributed by atoms with Crippen molar-refractivity contribution in [1.82, 2.24) is 24.5 Å². The molecule has 11 nitrogen and oxygen atoms in total. The van der Waals surface area contributed by atoms with Gasteiger partial charge in [0.05, 0.1) is 31.5 Å². The van der Waals surface area contributed by atoms with Crippen LogP contribution in [0.2, 0.25) is 0 Å². The highest BCUT2D eigenvalue weighted by Crippen LogP contribution is 2.37. The molecule has 4 fully saturated rings. The molecule has 0 amide bonds. The van der Waals surface area contributed by atoms with E-state index >= 15 is 0 Å². The molecule has 0 radical (unpaired) electrons. The van der Waals surface area contributed by atoms with Gasteiger partial charge in [-0.05, 0) is 43.0 Å². The van der Waals surface area contributed by atoms with E-state index in [1.165, 1.54) is 12.0 Å². The molecule has 2 bridgehead atoms. The molecule has 4 aromatic heterocycles. The number of ether oxygens (including phenoxy) is 3. The first kappa shape index (κ1) is 26.5. The van der Waals surface area contributed by atoms with Crippen molar-refractivity contribution in [2.45, 2.75) is 44.0 Å². The standard InChI is InChI=1S/C31H34N8O3/c1-33-31-27(13-32)30-26(12-25(19-39(30)36-31)42-10-9-41-24-5-6-24)21-4-7-28(34-15-21)37-17-22-11-23(18-37)38(22)16-20-3-8-29(40-2)35-14-20/h3-4,7-8,12,14-15,19,22-24H,5-6,9-11,16-18H2,1-2H3,(H,33,36). The molecule has 2 atom stereocenters. The number of piperazine rings is 1. The number of rotatable bonds is 11. The summed E-state index contributed by atoms with van der Waals surface area (Å²) in [5.41, 5.74) is 4.16. The quantitative estimate of drug-likeness (QED) is 0.270. The smallest absolute Gasteiger partial charge is 0.212 e. The Morgan fingerprint density at radius 3 is 2.60 bits per heavy atom. The van der Waals surface area contributed by atoms with E-state index in [1.54, 1.807) is 18.7 Å². The number of hydrogen-bond acceptors (Lipinski definition) is 10. The van der Waals surface area contributed by atoms with E-state index in [1.807, 2.05) is 30.7 Å². The first-order valence-electron chi connectivity index (χ1n) is 14.5. The number of anilines is 2. The van der Waals surface area contributed by atoms with E-state index in [0.717, 1.165) is 54.9 Å². The number of aromatic nitrogens is 4. The average molecular weight is 567 g/mol. The molecule has 1 N–H and O–H groups in total. The van der Waals surface area contributed by atoms with Crippen molar-refractivity contribution < 1.29 is 14.2 Å². The molecular formula is C31H34N8O3. The van der Waals surface area contributed by atoms with Gasteiger partial charge in [0, 0.05) is 68.4 Å². The summed E-state index contributed by atoms with van der Waals surface area (Å²) in [5, 5.41) is 17.6. The second-order valence-corrected chi connectivity index (χ2v) is 11.1. The molecule has 3 aliphatic heterocycles. The van der Waals surface area contributed by atoms with Crippen LogP contribution in [0.15, 0.2) is 48.9 Å². The lowest BCUT2D eigenvalue weighted by Crippen LogP contribution is -2.68. The molecule has 0 aromatic carbocycles. The van der Waals surface area contributed by atoms with Gasteiger partial charge in [0.15, 0.2) is 5.82 Å². The fourth-order valence-corrected chi connectivity index (χ4v) is 6.04. The molecule has 1 aliphatic carbocycles. The Labute approximate surface area is 244 Å². The highest BCUT2D eigenvalue weighted by Gasteiger charge is 2.44. The number of piperidine rings is 1. The summed E-state index contributed by atoms with van der Waals surface area (Å²) >= 11 is 0. The molecule has 42 heavy (non-hydrogen) atoms. The van der Waals surface area contributed by atoms with E-state index in [-0.39, 0.29) is 0 Å². The summed E-state index contributed by atoms with van der Waals surface area (Å²) in [6.07, 6.45) is 9.47. The maximum absolute atomic E-state index is 9.96. The van der Waals surface area contributed by atoms with Crippen molar-refractivity contribution in [2.75, 3.05) is 50.7 Å². The monoisotopic (exact) mass is 566 g/mol. The van der Waals surface area contributed by atoms with E-state index in [0.29, 0.717) is 54.4 Å². The summed E-state index contributed by atoms with van der Waals surface area (Å²) in [6.45, 7) is 3.78. The zero-order valence-corrected chi connectivity index (χ0v) is 23.9. The number of methoxy groups -OCH3 is 1. The van der Waals surface area contributed by atoms with Crippen molar-refractivity contribution in [3.05, 3.63) is 60.0 Å². The summed E-state index contributed by atoms with van der Waals surface area (Å²) in [4.78, 5) is 14.2. The lowest BCUT2D eigenvalue weighted by atomic mass is 9.87. The Bertz CT molecular complexity index is 1600. The van der Waals surface area contributed by atoms with Gasteiger partial charge >= 0.3 is 0 Å². The second kappa shape index (κ2) is 11.1. The van der Waals surface area contributed by atoms with E-state index < -0.39 is 0 Å². The van der Waals surface area contributed by atoms with Gasteiger partial charge in [0.2, 0.25) is 5.88 Å². The summed E-state index contributed by atoms with van der Waals surface area (Å²) in [6, 6.07) is 13.4. The van der Waals surface area contributed by atoms with Crippen LogP contribution in [0.3, 0.4) is 0 Å². The van der Waals surface area contributed by atoms with Crippen LogP contribution in [-0.4, -0.2) is 83.1 Å². The van der Waals surface area contributed by atoms with Gasteiger partial charge < -0.3 is 24.4 Å². The predicted molar refractivity (Wildman–Crippen MR) is 158 cm³/mol. The minimum Gasteiger partial charge on any atom is -0.490 e. The van der Waals surface area contributed by atoms with Crippen LogP contribution in [0.1, 0.15) is 30.4 Å². The highest BCUT2D eigenvalue weighted by atomic mass is 16.5. The lowest BCUT2D eigenvalue weighted by molar-refractivity contribution is -0.00876. The molecule has 4 aromatic rings.